The molecular formula is C21H22N4OS. The zero-order chi connectivity index (χ0) is 18.2. The van der Waals surface area contributed by atoms with Crippen LogP contribution in [0.2, 0.25) is 0 Å². The Kier molecular flexibility index (Phi) is 4.28. The van der Waals surface area contributed by atoms with Crippen molar-refractivity contribution < 1.29 is 4.79 Å². The van der Waals surface area contributed by atoms with Crippen LogP contribution in [-0.2, 0) is 12.8 Å². The van der Waals surface area contributed by atoms with Gasteiger partial charge in [-0.2, -0.15) is 5.10 Å². The lowest BCUT2D eigenvalue weighted by atomic mass is 10.1. The first-order valence-electron chi connectivity index (χ1n) is 9.73. The maximum absolute atomic E-state index is 13.0. The van der Waals surface area contributed by atoms with Crippen molar-refractivity contribution in [3.05, 3.63) is 58.4 Å². The second-order valence-electron chi connectivity index (χ2n) is 7.37. The summed E-state index contributed by atoms with van der Waals surface area (Å²) in [5.41, 5.74) is 3.87. The summed E-state index contributed by atoms with van der Waals surface area (Å²) in [6.45, 7) is 0. The number of aryl methyl sites for hydroxylation is 2. The molecule has 1 amide bonds. The van der Waals surface area contributed by atoms with E-state index >= 15 is 0 Å². The molecule has 0 atom stereocenters. The largest absolute Gasteiger partial charge is 0.298 e. The van der Waals surface area contributed by atoms with E-state index < -0.39 is 0 Å². The highest BCUT2D eigenvalue weighted by Gasteiger charge is 2.33. The average molecular weight is 379 g/mol. The number of aromatic nitrogens is 3. The smallest absolute Gasteiger partial charge is 0.260 e. The van der Waals surface area contributed by atoms with E-state index in [1.165, 1.54) is 29.8 Å². The van der Waals surface area contributed by atoms with Crippen LogP contribution in [0.15, 0.2) is 36.5 Å². The molecule has 0 aliphatic heterocycles. The van der Waals surface area contributed by atoms with Crippen LogP contribution >= 0.6 is 11.3 Å². The fraction of sp³-hybridized carbons (Fsp3) is 0.381. The normalized spacial score (nSPS) is 16.6. The van der Waals surface area contributed by atoms with E-state index in [1.807, 2.05) is 35.0 Å². The lowest BCUT2D eigenvalue weighted by Crippen LogP contribution is -2.14. The van der Waals surface area contributed by atoms with Crippen LogP contribution in [0.1, 0.15) is 64.6 Å². The van der Waals surface area contributed by atoms with Gasteiger partial charge in [0.05, 0.1) is 28.8 Å². The van der Waals surface area contributed by atoms with Crippen LogP contribution < -0.4 is 5.32 Å². The van der Waals surface area contributed by atoms with Crippen molar-refractivity contribution in [1.29, 1.82) is 0 Å². The molecule has 1 aromatic carbocycles. The Labute approximate surface area is 162 Å². The van der Waals surface area contributed by atoms with Gasteiger partial charge in [0, 0.05) is 10.8 Å². The standard InChI is InChI=1S/C21H22N4OS/c26-20(24-21-23-17-9-5-2-6-10-18(17)27-21)16-13-22-25(19(16)14-11-12-14)15-7-3-1-4-8-15/h1,3-4,7-8,13-14H,2,5-6,9-12H2,(H,23,24,26). The molecule has 5 nitrogen and oxygen atoms in total. The molecule has 2 aromatic heterocycles. The summed E-state index contributed by atoms with van der Waals surface area (Å²) in [6, 6.07) is 10.0. The van der Waals surface area contributed by atoms with E-state index in [-0.39, 0.29) is 5.91 Å². The Bertz CT molecular complexity index is 948. The average Bonchev–Trinajstić information content (AvgIpc) is 3.38. The van der Waals surface area contributed by atoms with E-state index in [1.54, 1.807) is 17.5 Å². The van der Waals surface area contributed by atoms with Crippen LogP contribution in [0.4, 0.5) is 5.13 Å². The molecule has 0 radical (unpaired) electrons. The quantitative estimate of drug-likeness (QED) is 0.668. The molecule has 138 valence electrons. The van der Waals surface area contributed by atoms with Crippen molar-refractivity contribution in [3.8, 4) is 5.69 Å². The predicted octanol–water partition coefficient (Wildman–Crippen LogP) is 4.73. The third kappa shape index (κ3) is 3.30. The van der Waals surface area contributed by atoms with Crippen LogP contribution in [0.3, 0.4) is 0 Å². The Morgan fingerprint density at radius 3 is 2.74 bits per heavy atom. The fourth-order valence-electron chi connectivity index (χ4n) is 3.80. The van der Waals surface area contributed by atoms with Crippen molar-refractivity contribution in [2.75, 3.05) is 5.32 Å². The molecule has 1 saturated carbocycles. The first-order valence-corrected chi connectivity index (χ1v) is 10.5. The third-order valence-electron chi connectivity index (χ3n) is 5.33. The van der Waals surface area contributed by atoms with Crippen molar-refractivity contribution in [1.82, 2.24) is 14.8 Å². The zero-order valence-corrected chi connectivity index (χ0v) is 16.0. The minimum absolute atomic E-state index is 0.0945. The van der Waals surface area contributed by atoms with Gasteiger partial charge in [0.2, 0.25) is 0 Å². The van der Waals surface area contributed by atoms with Gasteiger partial charge in [0.1, 0.15) is 0 Å². The number of benzene rings is 1. The van der Waals surface area contributed by atoms with Crippen LogP contribution in [0, 0.1) is 0 Å². The van der Waals surface area contributed by atoms with Crippen molar-refractivity contribution in [2.24, 2.45) is 0 Å². The summed E-state index contributed by atoms with van der Waals surface area (Å²) < 4.78 is 1.92. The molecule has 0 unspecified atom stereocenters. The molecule has 1 fully saturated rings. The summed E-state index contributed by atoms with van der Waals surface area (Å²) in [6.07, 6.45) is 9.73. The van der Waals surface area contributed by atoms with Crippen LogP contribution in [-0.4, -0.2) is 20.7 Å². The van der Waals surface area contributed by atoms with Gasteiger partial charge in [-0.3, -0.25) is 10.1 Å². The summed E-state index contributed by atoms with van der Waals surface area (Å²) in [4.78, 5) is 19.0. The number of fused-ring (bicyclic) bond motifs is 1. The van der Waals surface area contributed by atoms with Gasteiger partial charge >= 0.3 is 0 Å². The van der Waals surface area contributed by atoms with Gasteiger partial charge in [-0.1, -0.05) is 24.6 Å². The topological polar surface area (TPSA) is 59.8 Å². The van der Waals surface area contributed by atoms with Crippen LogP contribution in [0.5, 0.6) is 0 Å². The predicted molar refractivity (Wildman–Crippen MR) is 107 cm³/mol. The number of rotatable bonds is 4. The van der Waals surface area contributed by atoms with E-state index in [0.717, 1.165) is 42.2 Å². The molecule has 2 heterocycles. The number of hydrogen-bond donors (Lipinski definition) is 1. The number of nitrogens with one attached hydrogen (secondary N) is 1. The monoisotopic (exact) mass is 378 g/mol. The number of thiazole rings is 1. The first-order chi connectivity index (χ1) is 13.3. The highest BCUT2D eigenvalue weighted by molar-refractivity contribution is 7.15. The maximum Gasteiger partial charge on any atom is 0.260 e. The third-order valence-corrected chi connectivity index (χ3v) is 6.40. The molecule has 0 saturated heterocycles. The summed E-state index contributed by atoms with van der Waals surface area (Å²) >= 11 is 1.63. The Balaban J connectivity index is 1.43. The molecule has 0 bridgehead atoms. The van der Waals surface area contributed by atoms with Crippen molar-refractivity contribution in [2.45, 2.75) is 50.9 Å². The summed E-state index contributed by atoms with van der Waals surface area (Å²) in [5.74, 6) is 0.324. The van der Waals surface area contributed by atoms with Gasteiger partial charge in [-0.05, 0) is 50.7 Å². The molecular weight excluding hydrogens is 356 g/mol. The number of nitrogens with zero attached hydrogens (tertiary/aromatic N) is 3. The van der Waals surface area contributed by atoms with E-state index in [9.17, 15) is 4.79 Å². The molecule has 0 spiro atoms. The fourth-order valence-corrected chi connectivity index (χ4v) is 4.85. The summed E-state index contributed by atoms with van der Waals surface area (Å²) in [5, 5.41) is 8.29. The number of carbonyl (C=O) groups excluding carboxylic acids is 1. The number of amides is 1. The second-order valence-corrected chi connectivity index (χ2v) is 8.45. The number of carbonyl (C=O) groups is 1. The minimum atomic E-state index is -0.0945. The van der Waals surface area contributed by atoms with Gasteiger partial charge < -0.3 is 0 Å². The summed E-state index contributed by atoms with van der Waals surface area (Å²) in [7, 11) is 0. The Morgan fingerprint density at radius 2 is 1.93 bits per heavy atom. The van der Waals surface area contributed by atoms with E-state index in [4.69, 9.17) is 4.98 Å². The molecule has 2 aliphatic rings. The van der Waals surface area contributed by atoms with E-state index in [2.05, 4.69) is 10.4 Å². The SMILES string of the molecule is O=C(Nc1nc2c(s1)CCCCC2)c1cnn(-c2ccccc2)c1C1CC1. The zero-order valence-electron chi connectivity index (χ0n) is 15.1. The number of anilines is 1. The molecule has 1 N–H and O–H groups in total. The number of para-hydroxylation sites is 1. The van der Waals surface area contributed by atoms with Gasteiger partial charge in [-0.25, -0.2) is 9.67 Å². The molecule has 3 aromatic rings. The van der Waals surface area contributed by atoms with Gasteiger partial charge in [0.25, 0.3) is 5.91 Å². The lowest BCUT2D eigenvalue weighted by molar-refractivity contribution is 0.102. The minimum Gasteiger partial charge on any atom is -0.298 e. The first kappa shape index (κ1) is 16.7. The molecule has 6 heteroatoms. The second kappa shape index (κ2) is 6.93. The van der Waals surface area contributed by atoms with E-state index in [0.29, 0.717) is 11.5 Å². The molecule has 2 aliphatic carbocycles. The van der Waals surface area contributed by atoms with Crippen molar-refractivity contribution in [3.63, 3.8) is 0 Å². The highest BCUT2D eigenvalue weighted by Crippen LogP contribution is 2.42. The molecule has 5 rings (SSSR count). The highest BCUT2D eigenvalue weighted by atomic mass is 32.1. The Hall–Kier alpha value is -2.47. The van der Waals surface area contributed by atoms with Gasteiger partial charge in [0.15, 0.2) is 5.13 Å². The lowest BCUT2D eigenvalue weighted by Gasteiger charge is -2.08. The van der Waals surface area contributed by atoms with Gasteiger partial charge in [-0.15, -0.1) is 11.3 Å². The number of hydrogen-bond acceptors (Lipinski definition) is 4. The van der Waals surface area contributed by atoms with Crippen molar-refractivity contribution >= 4 is 22.4 Å². The van der Waals surface area contributed by atoms with Crippen LogP contribution in [0.25, 0.3) is 5.69 Å². The Morgan fingerprint density at radius 1 is 1.11 bits per heavy atom. The maximum atomic E-state index is 13.0. The molecule has 27 heavy (non-hydrogen) atoms.